The molecule has 1 atom stereocenters. The molecule has 2 aromatic rings. The van der Waals surface area contributed by atoms with Crippen molar-refractivity contribution in [2.75, 3.05) is 6.61 Å². The highest BCUT2D eigenvalue weighted by atomic mass is 19.1. The van der Waals surface area contributed by atoms with Crippen LogP contribution in [0.2, 0.25) is 0 Å². The second-order valence-electron chi connectivity index (χ2n) is 6.66. The number of carbonyl (C=O) groups is 3. The second-order valence-corrected chi connectivity index (χ2v) is 6.66. The Morgan fingerprint density at radius 1 is 1.18 bits per heavy atom. The molecule has 1 unspecified atom stereocenters. The van der Waals surface area contributed by atoms with Gasteiger partial charge in [-0.2, -0.15) is 0 Å². The van der Waals surface area contributed by atoms with E-state index in [0.717, 1.165) is 0 Å². The maximum Gasteiger partial charge on any atom is 0.355 e. The number of aromatic amines is 1. The third-order valence-electron chi connectivity index (χ3n) is 4.68. The van der Waals surface area contributed by atoms with Gasteiger partial charge >= 0.3 is 5.97 Å². The Morgan fingerprint density at radius 3 is 2.32 bits per heavy atom. The molecule has 1 N–H and O–H groups in total. The first-order valence-electron chi connectivity index (χ1n) is 9.09. The Hall–Kier alpha value is -2.96. The molecule has 2 rings (SSSR count). The molecule has 0 spiro atoms. The van der Waals surface area contributed by atoms with E-state index in [9.17, 15) is 18.8 Å². The Morgan fingerprint density at radius 2 is 1.79 bits per heavy atom. The molecule has 28 heavy (non-hydrogen) atoms. The van der Waals surface area contributed by atoms with Gasteiger partial charge in [-0.1, -0.05) is 12.1 Å². The first kappa shape index (κ1) is 21.3. The summed E-state index contributed by atoms with van der Waals surface area (Å²) in [6.45, 7) is 8.51. The number of nitrogens with zero attached hydrogens (tertiary/aromatic N) is 1. The number of ether oxygens (including phenoxy) is 1. The molecule has 1 heterocycles. The molecule has 150 valence electrons. The van der Waals surface area contributed by atoms with Gasteiger partial charge in [0.05, 0.1) is 12.6 Å². The predicted octanol–water partition coefficient (Wildman–Crippen LogP) is 3.57. The molecule has 6 nitrogen and oxygen atoms in total. The number of carbonyl (C=O) groups excluding carboxylic acids is 3. The van der Waals surface area contributed by atoms with Crippen molar-refractivity contribution >= 4 is 17.7 Å². The van der Waals surface area contributed by atoms with Gasteiger partial charge in [0.25, 0.3) is 0 Å². The highest BCUT2D eigenvalue weighted by Gasteiger charge is 2.30. The molecular formula is C21H25FN2O4. The van der Waals surface area contributed by atoms with Crippen LogP contribution in [0.25, 0.3) is 0 Å². The molecule has 0 bridgehead atoms. The maximum absolute atomic E-state index is 13.1. The molecule has 0 fully saturated rings. The number of benzene rings is 1. The second kappa shape index (κ2) is 8.82. The van der Waals surface area contributed by atoms with Gasteiger partial charge in [-0.3, -0.25) is 9.59 Å². The zero-order valence-corrected chi connectivity index (χ0v) is 16.8. The number of halogens is 1. The van der Waals surface area contributed by atoms with Crippen molar-refractivity contribution in [1.29, 1.82) is 0 Å². The van der Waals surface area contributed by atoms with Crippen molar-refractivity contribution in [3.05, 3.63) is 58.2 Å². The number of aromatic nitrogens is 1. The van der Waals surface area contributed by atoms with Gasteiger partial charge in [0, 0.05) is 24.7 Å². The number of rotatable bonds is 7. The summed E-state index contributed by atoms with van der Waals surface area (Å²) in [6, 6.07) is 5.02. The smallest absolute Gasteiger partial charge is 0.355 e. The standard InChI is InChI=1S/C21H25FN2O4/c1-6-28-21(27)19-12(2)18(13(3)23-19)20(26)14(4)24(15(5)25)11-16-7-9-17(22)10-8-16/h7-10,14,23H,6,11H2,1-5H3. The van der Waals surface area contributed by atoms with Crippen LogP contribution in [0.15, 0.2) is 24.3 Å². The summed E-state index contributed by atoms with van der Waals surface area (Å²) in [5.74, 6) is -1.45. The third kappa shape index (κ3) is 4.47. The molecule has 1 aromatic heterocycles. The molecular weight excluding hydrogens is 363 g/mol. The van der Waals surface area contributed by atoms with E-state index in [-0.39, 0.29) is 36.4 Å². The van der Waals surface area contributed by atoms with Crippen LogP contribution in [0.5, 0.6) is 0 Å². The van der Waals surface area contributed by atoms with Gasteiger partial charge in [-0.15, -0.1) is 0 Å². The minimum absolute atomic E-state index is 0.176. The first-order valence-corrected chi connectivity index (χ1v) is 9.09. The quantitative estimate of drug-likeness (QED) is 0.581. The van der Waals surface area contributed by atoms with E-state index >= 15 is 0 Å². The molecule has 0 saturated carbocycles. The fourth-order valence-electron chi connectivity index (χ4n) is 3.18. The molecule has 0 aliphatic carbocycles. The number of hydrogen-bond acceptors (Lipinski definition) is 4. The fraction of sp³-hybridized carbons (Fsp3) is 0.381. The summed E-state index contributed by atoms with van der Waals surface area (Å²) in [5, 5.41) is 0. The van der Waals surface area contributed by atoms with E-state index in [1.165, 1.54) is 24.0 Å². The number of nitrogens with one attached hydrogen (secondary N) is 1. The van der Waals surface area contributed by atoms with Gasteiger partial charge in [-0.05, 0) is 51.0 Å². The lowest BCUT2D eigenvalue weighted by Gasteiger charge is -2.27. The van der Waals surface area contributed by atoms with E-state index in [2.05, 4.69) is 4.98 Å². The zero-order chi connectivity index (χ0) is 21.0. The summed E-state index contributed by atoms with van der Waals surface area (Å²) < 4.78 is 18.1. The summed E-state index contributed by atoms with van der Waals surface area (Å²) >= 11 is 0. The largest absolute Gasteiger partial charge is 0.461 e. The van der Waals surface area contributed by atoms with Crippen LogP contribution in [0.1, 0.15) is 58.4 Å². The molecule has 7 heteroatoms. The third-order valence-corrected chi connectivity index (χ3v) is 4.68. The van der Waals surface area contributed by atoms with Gasteiger partial charge < -0.3 is 14.6 Å². The van der Waals surface area contributed by atoms with Crippen LogP contribution in [0, 0.1) is 19.7 Å². The SMILES string of the molecule is CCOC(=O)c1[nH]c(C)c(C(=O)C(C)N(Cc2ccc(F)cc2)C(C)=O)c1C. The van der Waals surface area contributed by atoms with Gasteiger partial charge in [0.1, 0.15) is 11.5 Å². The average molecular weight is 388 g/mol. The Bertz CT molecular complexity index is 887. The molecule has 1 aromatic carbocycles. The lowest BCUT2D eigenvalue weighted by Crippen LogP contribution is -2.42. The van der Waals surface area contributed by atoms with Crippen molar-refractivity contribution in [1.82, 2.24) is 9.88 Å². The van der Waals surface area contributed by atoms with E-state index in [0.29, 0.717) is 22.4 Å². The lowest BCUT2D eigenvalue weighted by atomic mass is 9.99. The number of hydrogen-bond donors (Lipinski definition) is 1. The molecule has 0 saturated heterocycles. The van der Waals surface area contributed by atoms with Crippen molar-refractivity contribution in [3.8, 4) is 0 Å². The van der Waals surface area contributed by atoms with Crippen molar-refractivity contribution in [3.63, 3.8) is 0 Å². The van der Waals surface area contributed by atoms with Crippen LogP contribution in [-0.4, -0.2) is 40.2 Å². The summed E-state index contributed by atoms with van der Waals surface area (Å²) in [5.41, 5.74) is 2.37. The lowest BCUT2D eigenvalue weighted by molar-refractivity contribution is -0.130. The van der Waals surface area contributed by atoms with E-state index in [4.69, 9.17) is 4.74 Å². The first-order chi connectivity index (χ1) is 13.2. The minimum atomic E-state index is -0.759. The van der Waals surface area contributed by atoms with Crippen molar-refractivity contribution in [2.24, 2.45) is 0 Å². The average Bonchev–Trinajstić information content (AvgIpc) is 2.94. The van der Waals surface area contributed by atoms with Crippen molar-refractivity contribution < 1.29 is 23.5 Å². The van der Waals surface area contributed by atoms with E-state index in [1.807, 2.05) is 0 Å². The number of amides is 1. The molecule has 1 amide bonds. The van der Waals surface area contributed by atoms with Gasteiger partial charge in [-0.25, -0.2) is 9.18 Å². The monoisotopic (exact) mass is 388 g/mol. The van der Waals surface area contributed by atoms with Crippen LogP contribution in [-0.2, 0) is 16.1 Å². The number of esters is 1. The summed E-state index contributed by atoms with van der Waals surface area (Å²) in [4.78, 5) is 41.7. The minimum Gasteiger partial charge on any atom is -0.461 e. The topological polar surface area (TPSA) is 79.5 Å². The van der Waals surface area contributed by atoms with Crippen LogP contribution < -0.4 is 0 Å². The highest BCUT2D eigenvalue weighted by Crippen LogP contribution is 2.23. The summed E-state index contributed by atoms with van der Waals surface area (Å²) in [6.07, 6.45) is 0. The Labute approximate surface area is 163 Å². The highest BCUT2D eigenvalue weighted by molar-refractivity contribution is 6.06. The summed E-state index contributed by atoms with van der Waals surface area (Å²) in [7, 11) is 0. The molecule has 0 radical (unpaired) electrons. The number of Topliss-reactive ketones (excluding diaryl/α,β-unsaturated/α-hetero) is 1. The number of ketones is 1. The number of H-pyrrole nitrogens is 1. The number of aryl methyl sites for hydroxylation is 1. The van der Waals surface area contributed by atoms with E-state index in [1.54, 1.807) is 39.8 Å². The van der Waals surface area contributed by atoms with Crippen LogP contribution in [0.3, 0.4) is 0 Å². The maximum atomic E-state index is 13.1. The van der Waals surface area contributed by atoms with Crippen molar-refractivity contribution in [2.45, 2.75) is 47.2 Å². The Balaban J connectivity index is 2.31. The van der Waals surface area contributed by atoms with Crippen LogP contribution in [0.4, 0.5) is 4.39 Å². The Kier molecular flexibility index (Phi) is 6.72. The predicted molar refractivity (Wildman–Crippen MR) is 103 cm³/mol. The molecule has 0 aliphatic rings. The van der Waals surface area contributed by atoms with E-state index < -0.39 is 12.0 Å². The normalized spacial score (nSPS) is 11.8. The zero-order valence-electron chi connectivity index (χ0n) is 16.8. The van der Waals surface area contributed by atoms with Gasteiger partial charge in [0.15, 0.2) is 5.78 Å². The molecule has 0 aliphatic heterocycles. The fourth-order valence-corrected chi connectivity index (χ4v) is 3.18. The van der Waals surface area contributed by atoms with Crippen LogP contribution >= 0.6 is 0 Å². The van der Waals surface area contributed by atoms with Gasteiger partial charge in [0.2, 0.25) is 5.91 Å².